The number of nitrogens with one attached hydrogen (secondary N) is 2. The lowest BCUT2D eigenvalue weighted by atomic mass is 10.2. The largest absolute Gasteiger partial charge is 0.352 e. The van der Waals surface area contributed by atoms with Crippen molar-refractivity contribution in [1.29, 1.82) is 0 Å². The van der Waals surface area contributed by atoms with Crippen molar-refractivity contribution in [2.24, 2.45) is 0 Å². The molecule has 2 heterocycles. The summed E-state index contributed by atoms with van der Waals surface area (Å²) in [6.07, 6.45) is 4.85. The van der Waals surface area contributed by atoms with Gasteiger partial charge in [0.25, 0.3) is 15.9 Å². The molecule has 0 saturated heterocycles. The van der Waals surface area contributed by atoms with E-state index in [0.29, 0.717) is 13.0 Å². The Hall–Kier alpha value is -3.27. The van der Waals surface area contributed by atoms with Crippen molar-refractivity contribution >= 4 is 21.6 Å². The lowest BCUT2D eigenvalue weighted by Crippen LogP contribution is -2.27. The van der Waals surface area contributed by atoms with Gasteiger partial charge >= 0.3 is 0 Å². The molecule has 0 aliphatic carbocycles. The minimum atomic E-state index is -3.93. The van der Waals surface area contributed by atoms with E-state index < -0.39 is 15.8 Å². The number of nitrogens with zero attached hydrogens (tertiary/aromatic N) is 3. The molecule has 0 bridgehead atoms. The molecule has 1 aliphatic rings. The van der Waals surface area contributed by atoms with Gasteiger partial charge in [0.2, 0.25) is 0 Å². The smallest absolute Gasteiger partial charge is 0.261 e. The molecule has 3 aromatic rings. The predicted octanol–water partition coefficient (Wildman–Crippen LogP) is 2.92. The molecule has 1 aromatic heterocycles. The molecule has 4 rings (SSSR count). The number of hydrogen-bond acceptors (Lipinski definition) is 5. The standard InChI is InChI=1S/C22H24FN5O3S/c23-17-8-10-18(11-9-17)27-32(30,31)19-6-4-5-16(15-19)22(29)24-13-12-21-26-25-20-7-2-1-3-14-28(20)21/h4-6,8-11,15,27H,1-3,7,12-14H2,(H,24,29). The molecule has 10 heteroatoms. The molecule has 0 fully saturated rings. The number of carbonyl (C=O) groups is 1. The van der Waals surface area contributed by atoms with E-state index in [4.69, 9.17) is 0 Å². The molecule has 0 unspecified atom stereocenters. The van der Waals surface area contributed by atoms with Crippen LogP contribution in [0.5, 0.6) is 0 Å². The number of halogens is 1. The fourth-order valence-electron chi connectivity index (χ4n) is 3.66. The van der Waals surface area contributed by atoms with E-state index in [1.807, 2.05) is 0 Å². The summed E-state index contributed by atoms with van der Waals surface area (Å²) in [5.41, 5.74) is 0.459. The van der Waals surface area contributed by atoms with Crippen LogP contribution in [0.4, 0.5) is 10.1 Å². The molecule has 0 radical (unpaired) electrons. The van der Waals surface area contributed by atoms with E-state index in [0.717, 1.165) is 49.6 Å². The average molecular weight is 458 g/mol. The second-order valence-corrected chi connectivity index (χ2v) is 9.32. The summed E-state index contributed by atoms with van der Waals surface area (Å²) in [5, 5.41) is 11.3. The monoisotopic (exact) mass is 457 g/mol. The van der Waals surface area contributed by atoms with Crippen LogP contribution in [0.25, 0.3) is 0 Å². The fourth-order valence-corrected chi connectivity index (χ4v) is 4.76. The van der Waals surface area contributed by atoms with Crippen LogP contribution in [-0.2, 0) is 29.4 Å². The van der Waals surface area contributed by atoms with E-state index in [-0.39, 0.29) is 22.1 Å². The maximum atomic E-state index is 13.0. The Kier molecular flexibility index (Phi) is 6.50. The summed E-state index contributed by atoms with van der Waals surface area (Å²) in [5.74, 6) is 1.01. The third-order valence-corrected chi connectivity index (χ3v) is 6.70. The van der Waals surface area contributed by atoms with Crippen LogP contribution in [0.2, 0.25) is 0 Å². The first kappa shape index (κ1) is 21.9. The van der Waals surface area contributed by atoms with Crippen LogP contribution in [0.15, 0.2) is 53.4 Å². The first-order valence-electron chi connectivity index (χ1n) is 10.5. The van der Waals surface area contributed by atoms with Crippen LogP contribution >= 0.6 is 0 Å². The third kappa shape index (κ3) is 5.13. The SMILES string of the molecule is O=C(NCCc1nnc2n1CCCCC2)c1cccc(S(=O)(=O)Nc2ccc(F)cc2)c1. The van der Waals surface area contributed by atoms with Gasteiger partial charge in [0.05, 0.1) is 4.90 Å². The summed E-state index contributed by atoms with van der Waals surface area (Å²) in [7, 11) is -3.93. The topological polar surface area (TPSA) is 106 Å². The minimum Gasteiger partial charge on any atom is -0.352 e. The number of sulfonamides is 1. The Morgan fingerprint density at radius 1 is 1.06 bits per heavy atom. The predicted molar refractivity (Wildman–Crippen MR) is 117 cm³/mol. The molecule has 32 heavy (non-hydrogen) atoms. The molecule has 1 amide bonds. The maximum Gasteiger partial charge on any atom is 0.261 e. The van der Waals surface area contributed by atoms with Crippen molar-refractivity contribution in [3.8, 4) is 0 Å². The van der Waals surface area contributed by atoms with E-state index in [9.17, 15) is 17.6 Å². The lowest BCUT2D eigenvalue weighted by Gasteiger charge is -2.10. The van der Waals surface area contributed by atoms with Gasteiger partial charge < -0.3 is 9.88 Å². The van der Waals surface area contributed by atoms with Crippen LogP contribution in [0.1, 0.15) is 41.3 Å². The lowest BCUT2D eigenvalue weighted by molar-refractivity contribution is 0.0953. The summed E-state index contributed by atoms with van der Waals surface area (Å²) >= 11 is 0. The first-order chi connectivity index (χ1) is 15.4. The Balaban J connectivity index is 1.39. The number of aryl methyl sites for hydroxylation is 1. The van der Waals surface area contributed by atoms with Gasteiger partial charge in [0, 0.05) is 37.2 Å². The first-order valence-corrected chi connectivity index (χ1v) is 12.0. The molecule has 0 spiro atoms. The second kappa shape index (κ2) is 9.47. The van der Waals surface area contributed by atoms with Crippen molar-refractivity contribution in [2.75, 3.05) is 11.3 Å². The van der Waals surface area contributed by atoms with Crippen molar-refractivity contribution in [2.45, 2.75) is 43.5 Å². The van der Waals surface area contributed by atoms with Crippen LogP contribution in [0.3, 0.4) is 0 Å². The molecular formula is C22H24FN5O3S. The fraction of sp³-hybridized carbons (Fsp3) is 0.318. The van der Waals surface area contributed by atoms with Gasteiger partial charge in [-0.1, -0.05) is 12.5 Å². The van der Waals surface area contributed by atoms with Gasteiger partial charge in [-0.2, -0.15) is 0 Å². The highest BCUT2D eigenvalue weighted by atomic mass is 32.2. The average Bonchev–Trinajstić information content (AvgIpc) is 3.01. The van der Waals surface area contributed by atoms with Gasteiger partial charge in [0.15, 0.2) is 0 Å². The molecule has 2 aromatic carbocycles. The summed E-state index contributed by atoms with van der Waals surface area (Å²) in [6, 6.07) is 10.7. The Bertz CT molecular complexity index is 1210. The van der Waals surface area contributed by atoms with Crippen LogP contribution < -0.4 is 10.0 Å². The molecule has 8 nitrogen and oxygen atoms in total. The number of benzene rings is 2. The molecule has 168 valence electrons. The number of anilines is 1. The normalized spacial score (nSPS) is 13.8. The summed E-state index contributed by atoms with van der Waals surface area (Å²) < 4.78 is 42.8. The quantitative estimate of drug-likeness (QED) is 0.568. The maximum absolute atomic E-state index is 13.0. The highest BCUT2D eigenvalue weighted by molar-refractivity contribution is 7.92. The zero-order valence-corrected chi connectivity index (χ0v) is 18.2. The highest BCUT2D eigenvalue weighted by Crippen LogP contribution is 2.18. The number of hydrogen-bond donors (Lipinski definition) is 2. The molecule has 0 saturated carbocycles. The van der Waals surface area contributed by atoms with Crippen molar-refractivity contribution in [3.63, 3.8) is 0 Å². The zero-order valence-electron chi connectivity index (χ0n) is 17.4. The minimum absolute atomic E-state index is 0.0581. The number of carbonyl (C=O) groups excluding carboxylic acids is 1. The molecule has 0 atom stereocenters. The second-order valence-electron chi connectivity index (χ2n) is 7.64. The van der Waals surface area contributed by atoms with E-state index >= 15 is 0 Å². The van der Waals surface area contributed by atoms with Crippen molar-refractivity contribution in [3.05, 3.63) is 71.6 Å². The highest BCUT2D eigenvalue weighted by Gasteiger charge is 2.18. The molecule has 1 aliphatic heterocycles. The van der Waals surface area contributed by atoms with Crippen LogP contribution in [-0.4, -0.2) is 35.6 Å². The number of amides is 1. The summed E-state index contributed by atoms with van der Waals surface area (Å²) in [4.78, 5) is 12.5. The Morgan fingerprint density at radius 3 is 2.69 bits per heavy atom. The van der Waals surface area contributed by atoms with Crippen molar-refractivity contribution in [1.82, 2.24) is 20.1 Å². The number of aromatic nitrogens is 3. The van der Waals surface area contributed by atoms with Gasteiger partial charge in [-0.15, -0.1) is 10.2 Å². The van der Waals surface area contributed by atoms with E-state index in [2.05, 4.69) is 24.8 Å². The van der Waals surface area contributed by atoms with Gasteiger partial charge in [0.1, 0.15) is 17.5 Å². The number of fused-ring (bicyclic) bond motifs is 1. The summed E-state index contributed by atoms with van der Waals surface area (Å²) in [6.45, 7) is 1.26. The van der Waals surface area contributed by atoms with Crippen molar-refractivity contribution < 1.29 is 17.6 Å². The van der Waals surface area contributed by atoms with E-state index in [1.165, 1.54) is 36.8 Å². The van der Waals surface area contributed by atoms with Crippen LogP contribution in [0, 0.1) is 5.82 Å². The third-order valence-electron chi connectivity index (χ3n) is 5.32. The van der Waals surface area contributed by atoms with Gasteiger partial charge in [-0.3, -0.25) is 9.52 Å². The Labute approximate surface area is 185 Å². The van der Waals surface area contributed by atoms with Gasteiger partial charge in [-0.25, -0.2) is 12.8 Å². The molecular weight excluding hydrogens is 433 g/mol. The Morgan fingerprint density at radius 2 is 1.88 bits per heavy atom. The zero-order chi connectivity index (χ0) is 22.6. The number of rotatable bonds is 7. The van der Waals surface area contributed by atoms with Gasteiger partial charge in [-0.05, 0) is 55.3 Å². The molecule has 2 N–H and O–H groups in total. The van der Waals surface area contributed by atoms with E-state index in [1.54, 1.807) is 6.07 Å².